The minimum atomic E-state index is -0.262. The van der Waals surface area contributed by atoms with Gasteiger partial charge in [-0.1, -0.05) is 51.9 Å². The molecular formula is C16H36ClNO2. The van der Waals surface area contributed by atoms with Crippen LogP contribution in [0, 0.1) is 0 Å². The van der Waals surface area contributed by atoms with Gasteiger partial charge < -0.3 is 26.7 Å². The standard InChI is InChI=1S/C16H36NO2.ClH/c1-5-6-7-8-9-10-11-12-13-19-15-17(3,4)14-16(2)18;/h16,18H,5-15H2,1-4H3;1H/q+1;/p-1. The summed E-state index contributed by atoms with van der Waals surface area (Å²) >= 11 is 0. The van der Waals surface area contributed by atoms with Crippen LogP contribution in [0.5, 0.6) is 0 Å². The van der Waals surface area contributed by atoms with Crippen molar-refractivity contribution in [1.82, 2.24) is 0 Å². The molecular weight excluding hydrogens is 274 g/mol. The summed E-state index contributed by atoms with van der Waals surface area (Å²) in [6.07, 6.45) is 10.4. The van der Waals surface area contributed by atoms with Crippen LogP contribution in [0.1, 0.15) is 65.2 Å². The predicted molar refractivity (Wildman–Crippen MR) is 82.1 cm³/mol. The quantitative estimate of drug-likeness (QED) is 0.306. The Kier molecular flexibility index (Phi) is 15.9. The van der Waals surface area contributed by atoms with Gasteiger partial charge in [-0.3, -0.25) is 0 Å². The molecule has 0 heterocycles. The van der Waals surface area contributed by atoms with Gasteiger partial charge in [0.05, 0.1) is 20.7 Å². The Bertz CT molecular complexity index is 199. The van der Waals surface area contributed by atoms with Crippen LogP contribution in [-0.4, -0.2) is 49.7 Å². The zero-order valence-corrected chi connectivity index (χ0v) is 14.8. The fourth-order valence-electron chi connectivity index (χ4n) is 2.42. The molecule has 0 saturated carbocycles. The molecule has 1 unspecified atom stereocenters. The minimum absolute atomic E-state index is 0. The zero-order chi connectivity index (χ0) is 14.6. The Morgan fingerprint density at radius 2 is 1.45 bits per heavy atom. The SMILES string of the molecule is CCCCCCCCCCOC[N+](C)(C)CC(C)O.[Cl-]. The molecule has 0 aliphatic carbocycles. The first-order valence-corrected chi connectivity index (χ1v) is 8.06. The molecule has 1 N–H and O–H groups in total. The molecule has 124 valence electrons. The van der Waals surface area contributed by atoms with Crippen molar-refractivity contribution in [2.75, 3.05) is 34.0 Å². The first-order valence-electron chi connectivity index (χ1n) is 8.06. The summed E-state index contributed by atoms with van der Waals surface area (Å²) < 4.78 is 6.44. The van der Waals surface area contributed by atoms with E-state index < -0.39 is 0 Å². The maximum Gasteiger partial charge on any atom is 0.182 e. The normalized spacial score (nSPS) is 13.1. The number of aliphatic hydroxyl groups excluding tert-OH is 1. The minimum Gasteiger partial charge on any atom is -1.00 e. The molecule has 0 aromatic heterocycles. The van der Waals surface area contributed by atoms with Gasteiger partial charge in [0.25, 0.3) is 0 Å². The Morgan fingerprint density at radius 3 is 1.95 bits per heavy atom. The molecule has 4 heteroatoms. The van der Waals surface area contributed by atoms with Crippen LogP contribution in [-0.2, 0) is 4.74 Å². The Hall–Kier alpha value is 0.170. The van der Waals surface area contributed by atoms with Crippen LogP contribution < -0.4 is 12.4 Å². The van der Waals surface area contributed by atoms with E-state index in [2.05, 4.69) is 21.0 Å². The molecule has 0 spiro atoms. The van der Waals surface area contributed by atoms with E-state index in [-0.39, 0.29) is 18.5 Å². The van der Waals surface area contributed by atoms with Crippen LogP contribution in [0.4, 0.5) is 0 Å². The first-order chi connectivity index (χ1) is 8.98. The van der Waals surface area contributed by atoms with Crippen molar-refractivity contribution in [3.63, 3.8) is 0 Å². The summed E-state index contributed by atoms with van der Waals surface area (Å²) in [4.78, 5) is 0. The molecule has 0 aromatic carbocycles. The number of quaternary nitrogens is 1. The second-order valence-corrected chi connectivity index (χ2v) is 6.48. The predicted octanol–water partition coefficient (Wildman–Crippen LogP) is 0.562. The monoisotopic (exact) mass is 309 g/mol. The maximum absolute atomic E-state index is 9.38. The van der Waals surface area contributed by atoms with E-state index in [1.54, 1.807) is 0 Å². The van der Waals surface area contributed by atoms with E-state index in [1.807, 2.05) is 6.92 Å². The van der Waals surface area contributed by atoms with E-state index in [0.29, 0.717) is 6.73 Å². The summed E-state index contributed by atoms with van der Waals surface area (Å²) in [5, 5.41) is 9.38. The number of unbranched alkanes of at least 4 members (excludes halogenated alkanes) is 7. The highest BCUT2D eigenvalue weighted by atomic mass is 35.5. The van der Waals surface area contributed by atoms with Crippen molar-refractivity contribution in [3.05, 3.63) is 0 Å². The Labute approximate surface area is 132 Å². The van der Waals surface area contributed by atoms with Gasteiger partial charge in [0.1, 0.15) is 12.6 Å². The average molecular weight is 310 g/mol. The molecule has 0 radical (unpaired) electrons. The lowest BCUT2D eigenvalue weighted by Crippen LogP contribution is -3.00. The third kappa shape index (κ3) is 16.2. The first kappa shape index (κ1) is 22.5. The van der Waals surface area contributed by atoms with E-state index in [9.17, 15) is 5.11 Å². The van der Waals surface area contributed by atoms with Gasteiger partial charge in [0.2, 0.25) is 0 Å². The van der Waals surface area contributed by atoms with Crippen LogP contribution >= 0.6 is 0 Å². The van der Waals surface area contributed by atoms with Crippen LogP contribution in [0.15, 0.2) is 0 Å². The summed E-state index contributed by atoms with van der Waals surface area (Å²) in [5.74, 6) is 0. The molecule has 3 nitrogen and oxygen atoms in total. The lowest BCUT2D eigenvalue weighted by Gasteiger charge is -2.30. The summed E-state index contributed by atoms with van der Waals surface area (Å²) in [7, 11) is 4.20. The summed E-state index contributed by atoms with van der Waals surface area (Å²) in [6.45, 7) is 6.39. The number of rotatable bonds is 13. The molecule has 0 aromatic rings. The van der Waals surface area contributed by atoms with Crippen LogP contribution in [0.25, 0.3) is 0 Å². The molecule has 1 atom stereocenters. The maximum atomic E-state index is 9.38. The molecule has 0 amide bonds. The second-order valence-electron chi connectivity index (χ2n) is 6.48. The zero-order valence-electron chi connectivity index (χ0n) is 14.0. The number of ether oxygens (including phenoxy) is 1. The fourth-order valence-corrected chi connectivity index (χ4v) is 2.42. The summed E-state index contributed by atoms with van der Waals surface area (Å²) in [5.41, 5.74) is 0. The number of likely N-dealkylation sites (N-methyl/N-ethyl adjacent to an activating group) is 1. The number of aliphatic hydroxyl groups is 1. The second kappa shape index (κ2) is 14.1. The third-order valence-electron chi connectivity index (χ3n) is 3.34. The van der Waals surface area contributed by atoms with Gasteiger partial charge in [-0.2, -0.15) is 0 Å². The molecule has 0 aliphatic rings. The van der Waals surface area contributed by atoms with Gasteiger partial charge in [0, 0.05) is 0 Å². The number of hydrogen-bond acceptors (Lipinski definition) is 2. The fraction of sp³-hybridized carbons (Fsp3) is 1.00. The van der Waals surface area contributed by atoms with Gasteiger partial charge in [0.15, 0.2) is 6.73 Å². The molecule has 0 fully saturated rings. The number of hydrogen-bond donors (Lipinski definition) is 1. The highest BCUT2D eigenvalue weighted by Crippen LogP contribution is 2.08. The van der Waals surface area contributed by atoms with E-state index in [4.69, 9.17) is 4.74 Å². The molecule has 0 saturated heterocycles. The van der Waals surface area contributed by atoms with Crippen molar-refractivity contribution in [3.8, 4) is 0 Å². The van der Waals surface area contributed by atoms with Crippen molar-refractivity contribution in [2.45, 2.75) is 71.3 Å². The highest BCUT2D eigenvalue weighted by molar-refractivity contribution is 4.46. The lowest BCUT2D eigenvalue weighted by atomic mass is 10.1. The van der Waals surface area contributed by atoms with Crippen molar-refractivity contribution in [1.29, 1.82) is 0 Å². The molecule has 20 heavy (non-hydrogen) atoms. The number of halogens is 1. The average Bonchev–Trinajstić information content (AvgIpc) is 2.30. The third-order valence-corrected chi connectivity index (χ3v) is 3.34. The van der Waals surface area contributed by atoms with Gasteiger partial charge in [-0.15, -0.1) is 0 Å². The van der Waals surface area contributed by atoms with Crippen molar-refractivity contribution >= 4 is 0 Å². The highest BCUT2D eigenvalue weighted by Gasteiger charge is 2.17. The van der Waals surface area contributed by atoms with Gasteiger partial charge in [-0.05, 0) is 13.3 Å². The van der Waals surface area contributed by atoms with Gasteiger partial charge >= 0.3 is 0 Å². The van der Waals surface area contributed by atoms with Crippen LogP contribution in [0.2, 0.25) is 0 Å². The van der Waals surface area contributed by atoms with E-state index >= 15 is 0 Å². The molecule has 0 bridgehead atoms. The number of nitrogens with zero attached hydrogens (tertiary/aromatic N) is 1. The van der Waals surface area contributed by atoms with E-state index in [1.165, 1.54) is 51.4 Å². The van der Waals surface area contributed by atoms with E-state index in [0.717, 1.165) is 17.6 Å². The lowest BCUT2D eigenvalue weighted by molar-refractivity contribution is -0.912. The van der Waals surface area contributed by atoms with Crippen molar-refractivity contribution in [2.24, 2.45) is 0 Å². The van der Waals surface area contributed by atoms with Gasteiger partial charge in [-0.25, -0.2) is 0 Å². The largest absolute Gasteiger partial charge is 1.00 e. The van der Waals surface area contributed by atoms with Crippen molar-refractivity contribution < 1.29 is 26.7 Å². The Balaban J connectivity index is 0. The summed E-state index contributed by atoms with van der Waals surface area (Å²) in [6, 6.07) is 0. The molecule has 0 rings (SSSR count). The van der Waals surface area contributed by atoms with Crippen LogP contribution in [0.3, 0.4) is 0 Å². The molecule has 0 aliphatic heterocycles. The smallest absolute Gasteiger partial charge is 0.182 e. The topological polar surface area (TPSA) is 29.5 Å². The Morgan fingerprint density at radius 1 is 0.950 bits per heavy atom.